The largest absolute Gasteiger partial charge is 0.472 e. The van der Waals surface area contributed by atoms with Crippen LogP contribution in [0.5, 0.6) is 0 Å². The van der Waals surface area contributed by atoms with E-state index in [-0.39, 0.29) is 32.6 Å². The molecule has 302 valence electrons. The molecule has 3 N–H and O–H groups in total. The Morgan fingerprint density at radius 2 is 1.08 bits per heavy atom. The molecule has 2 atom stereocenters. The van der Waals surface area contributed by atoms with Gasteiger partial charge < -0.3 is 20.1 Å². The molecular weight excluding hydrogens is 689 g/mol. The fraction of sp³-hybridized carbons (Fsp3) is 0.628. The van der Waals surface area contributed by atoms with Gasteiger partial charge in [0, 0.05) is 19.4 Å². The summed E-state index contributed by atoms with van der Waals surface area (Å²) < 4.78 is 32.7. The summed E-state index contributed by atoms with van der Waals surface area (Å²) in [5.41, 5.74) is 5.33. The molecule has 53 heavy (non-hydrogen) atoms. The molecule has 9 nitrogen and oxygen atoms in total. The fourth-order valence-electron chi connectivity index (χ4n) is 4.92. The number of rotatable bonds is 36. The third-order valence-corrected chi connectivity index (χ3v) is 8.82. The molecule has 0 aliphatic carbocycles. The summed E-state index contributed by atoms with van der Waals surface area (Å²) in [6.45, 7) is 3.41. The maximum absolute atomic E-state index is 12.5. The van der Waals surface area contributed by atoms with Gasteiger partial charge in [-0.05, 0) is 70.6 Å². The lowest BCUT2D eigenvalue weighted by molar-refractivity contribution is -0.161. The van der Waals surface area contributed by atoms with E-state index in [9.17, 15) is 19.0 Å². The Hall–Kier alpha value is -2.81. The summed E-state index contributed by atoms with van der Waals surface area (Å²) in [5, 5.41) is 0. The van der Waals surface area contributed by atoms with Crippen molar-refractivity contribution in [3.05, 3.63) is 85.1 Å². The Balaban J connectivity index is 4.24. The lowest BCUT2D eigenvalue weighted by atomic mass is 10.1. The topological polar surface area (TPSA) is 134 Å². The van der Waals surface area contributed by atoms with Crippen molar-refractivity contribution >= 4 is 19.8 Å². The molecule has 0 radical (unpaired) electrons. The van der Waals surface area contributed by atoms with Gasteiger partial charge in [-0.2, -0.15) is 0 Å². The zero-order valence-electron chi connectivity index (χ0n) is 33.0. The van der Waals surface area contributed by atoms with E-state index in [1.165, 1.54) is 0 Å². The van der Waals surface area contributed by atoms with Gasteiger partial charge in [-0.25, -0.2) is 4.57 Å². The summed E-state index contributed by atoms with van der Waals surface area (Å²) in [6, 6.07) is 0. The molecule has 0 aromatic carbocycles. The number of carbonyl (C=O) groups excluding carboxylic acids is 2. The van der Waals surface area contributed by atoms with Crippen LogP contribution in [-0.2, 0) is 32.7 Å². The third-order valence-electron chi connectivity index (χ3n) is 7.84. The van der Waals surface area contributed by atoms with Crippen LogP contribution in [0, 0.1) is 0 Å². The van der Waals surface area contributed by atoms with E-state index in [0.29, 0.717) is 12.8 Å². The lowest BCUT2D eigenvalue weighted by Crippen LogP contribution is -2.29. The van der Waals surface area contributed by atoms with Crippen molar-refractivity contribution in [1.29, 1.82) is 0 Å². The van der Waals surface area contributed by atoms with Crippen LogP contribution in [0.1, 0.15) is 142 Å². The highest BCUT2D eigenvalue weighted by Crippen LogP contribution is 2.43. The molecule has 0 fully saturated rings. The summed E-state index contributed by atoms with van der Waals surface area (Å²) in [4.78, 5) is 34.8. The summed E-state index contributed by atoms with van der Waals surface area (Å²) in [5.74, 6) is -0.879. The minimum absolute atomic E-state index is 0.0426. The Labute approximate surface area is 322 Å². The molecule has 0 amide bonds. The number of hydrogen-bond donors (Lipinski definition) is 2. The van der Waals surface area contributed by atoms with E-state index in [2.05, 4.69) is 80.7 Å². The lowest BCUT2D eigenvalue weighted by Gasteiger charge is -2.19. The Bertz CT molecular complexity index is 1140. The molecule has 0 saturated heterocycles. The van der Waals surface area contributed by atoms with E-state index in [0.717, 1.165) is 103 Å². The zero-order valence-corrected chi connectivity index (χ0v) is 33.9. The minimum Gasteiger partial charge on any atom is -0.462 e. The van der Waals surface area contributed by atoms with Gasteiger partial charge in [-0.1, -0.05) is 144 Å². The van der Waals surface area contributed by atoms with Crippen LogP contribution in [0.15, 0.2) is 85.1 Å². The van der Waals surface area contributed by atoms with Gasteiger partial charge in [0.25, 0.3) is 0 Å². The average molecular weight is 762 g/mol. The first-order chi connectivity index (χ1) is 25.8. The van der Waals surface area contributed by atoms with E-state index in [1.54, 1.807) is 0 Å². The highest BCUT2D eigenvalue weighted by Gasteiger charge is 2.25. The number of carbonyl (C=O) groups is 2. The first-order valence-corrected chi connectivity index (χ1v) is 21.6. The van der Waals surface area contributed by atoms with Gasteiger partial charge in [0.15, 0.2) is 6.10 Å². The predicted molar refractivity (Wildman–Crippen MR) is 219 cm³/mol. The molecule has 0 aliphatic rings. The van der Waals surface area contributed by atoms with Crippen LogP contribution >= 0.6 is 7.82 Å². The van der Waals surface area contributed by atoms with Crippen molar-refractivity contribution in [2.45, 2.75) is 148 Å². The Morgan fingerprint density at radius 3 is 1.66 bits per heavy atom. The number of unbranched alkanes of at least 4 members (excludes halogenated alkanes) is 11. The molecule has 2 unspecified atom stereocenters. The quantitative estimate of drug-likeness (QED) is 0.0210. The van der Waals surface area contributed by atoms with Crippen LogP contribution in [-0.4, -0.2) is 49.3 Å². The molecule has 0 aromatic rings. The Kier molecular flexibility index (Phi) is 36.8. The molecule has 0 spiro atoms. The Morgan fingerprint density at radius 1 is 0.585 bits per heavy atom. The zero-order chi connectivity index (χ0) is 38.9. The van der Waals surface area contributed by atoms with E-state index >= 15 is 0 Å². The van der Waals surface area contributed by atoms with Gasteiger partial charge >= 0.3 is 19.8 Å². The summed E-state index contributed by atoms with van der Waals surface area (Å²) in [6.07, 6.45) is 47.6. The van der Waals surface area contributed by atoms with Crippen LogP contribution in [0.4, 0.5) is 0 Å². The van der Waals surface area contributed by atoms with Crippen molar-refractivity contribution in [2.75, 3.05) is 26.4 Å². The maximum Gasteiger partial charge on any atom is 0.472 e. The highest BCUT2D eigenvalue weighted by atomic mass is 31.2. The van der Waals surface area contributed by atoms with Gasteiger partial charge in [0.1, 0.15) is 6.61 Å². The van der Waals surface area contributed by atoms with Crippen molar-refractivity contribution in [2.24, 2.45) is 5.73 Å². The van der Waals surface area contributed by atoms with Crippen molar-refractivity contribution < 1.29 is 37.6 Å². The molecule has 10 heteroatoms. The SMILES string of the molecule is CC/C=C/C=C/C=C/CCCCCCCC(=O)OC(COC(=O)CCCCCCCC/C=C/C/C=C/C/C=C/C/C=C/CC)COP(=O)(O)OCCN. The van der Waals surface area contributed by atoms with E-state index in [4.69, 9.17) is 24.3 Å². The van der Waals surface area contributed by atoms with Crippen LogP contribution in [0.3, 0.4) is 0 Å². The monoisotopic (exact) mass is 761 g/mol. The summed E-state index contributed by atoms with van der Waals surface area (Å²) >= 11 is 0. The molecule has 0 rings (SSSR count). The van der Waals surface area contributed by atoms with Gasteiger partial charge in [0.05, 0.1) is 13.2 Å². The molecular formula is C43H72NO8P. The van der Waals surface area contributed by atoms with Gasteiger partial charge in [-0.3, -0.25) is 18.6 Å². The number of phosphoric ester groups is 1. The second kappa shape index (κ2) is 38.9. The first-order valence-electron chi connectivity index (χ1n) is 20.1. The second-order valence-corrected chi connectivity index (χ2v) is 14.3. The van der Waals surface area contributed by atoms with Gasteiger partial charge in [-0.15, -0.1) is 0 Å². The predicted octanol–water partition coefficient (Wildman–Crippen LogP) is 11.3. The van der Waals surface area contributed by atoms with E-state index in [1.807, 2.05) is 18.2 Å². The average Bonchev–Trinajstić information content (AvgIpc) is 3.14. The standard InChI is InChI=1S/C43H72NO8P/c1-3-5-7-9-11-13-15-17-18-19-20-21-22-24-25-27-29-31-33-35-42(45)49-39-41(40-51-53(47,48)50-38-37-44)52-43(46)36-34-32-30-28-26-23-16-14-12-10-8-6-4-2/h5-8,10-14,16-18,20-21,41H,3-4,9,15,19,22-40,44H2,1-2H3,(H,47,48)/b7-5+,8-6+,12-10+,13-11+,16-14+,18-17+,21-20+. The number of hydrogen-bond acceptors (Lipinski definition) is 8. The molecule has 0 aliphatic heterocycles. The van der Waals surface area contributed by atoms with E-state index < -0.39 is 32.5 Å². The second-order valence-electron chi connectivity index (χ2n) is 12.8. The number of nitrogens with two attached hydrogens (primary N) is 1. The van der Waals surface area contributed by atoms with Gasteiger partial charge in [0.2, 0.25) is 0 Å². The first kappa shape index (κ1) is 50.2. The molecule has 0 heterocycles. The third kappa shape index (κ3) is 38.7. The van der Waals surface area contributed by atoms with Crippen molar-refractivity contribution in [3.8, 4) is 0 Å². The summed E-state index contributed by atoms with van der Waals surface area (Å²) in [7, 11) is -4.39. The molecule has 0 saturated carbocycles. The number of ether oxygens (including phenoxy) is 2. The van der Waals surface area contributed by atoms with Crippen molar-refractivity contribution in [3.63, 3.8) is 0 Å². The highest BCUT2D eigenvalue weighted by molar-refractivity contribution is 7.47. The van der Waals surface area contributed by atoms with Crippen LogP contribution in [0.2, 0.25) is 0 Å². The normalized spacial score (nSPS) is 14.3. The number of allylic oxidation sites excluding steroid dienone is 14. The van der Waals surface area contributed by atoms with Crippen LogP contribution < -0.4 is 5.73 Å². The molecule has 0 bridgehead atoms. The smallest absolute Gasteiger partial charge is 0.462 e. The number of phosphoric acid groups is 1. The minimum atomic E-state index is -4.39. The number of esters is 2. The molecule has 0 aromatic heterocycles. The van der Waals surface area contributed by atoms with Crippen molar-refractivity contribution in [1.82, 2.24) is 0 Å². The maximum atomic E-state index is 12.5. The fourth-order valence-corrected chi connectivity index (χ4v) is 5.68. The van der Waals surface area contributed by atoms with Crippen LogP contribution in [0.25, 0.3) is 0 Å².